The van der Waals surface area contributed by atoms with Crippen LogP contribution in [0.15, 0.2) is 42.5 Å². The third-order valence-electron chi connectivity index (χ3n) is 3.57. The first-order valence-electron chi connectivity index (χ1n) is 6.54. The number of rotatable bonds is 2. The van der Waals surface area contributed by atoms with Crippen LogP contribution in [-0.4, -0.2) is 0 Å². The lowest BCUT2D eigenvalue weighted by Crippen LogP contribution is -2.15. The zero-order valence-corrected chi connectivity index (χ0v) is 11.4. The summed E-state index contributed by atoms with van der Waals surface area (Å²) in [5.74, 6) is 0.603. The van der Waals surface area contributed by atoms with Gasteiger partial charge in [-0.15, -0.1) is 0 Å². The van der Waals surface area contributed by atoms with Crippen molar-refractivity contribution in [3.63, 3.8) is 0 Å². The molecule has 0 radical (unpaired) electrons. The maximum absolute atomic E-state index is 6.17. The van der Waals surface area contributed by atoms with Crippen molar-refractivity contribution in [2.75, 3.05) is 5.73 Å². The Kier molecular flexibility index (Phi) is 3.34. The molecule has 0 bridgehead atoms. The van der Waals surface area contributed by atoms with E-state index in [9.17, 15) is 0 Å². The number of nitrogens with two attached hydrogens (primary N) is 1. The standard InChI is InChI=1S/C16H16ClNO/c17-13-8-4-9-14(18)16(13)19-15-10-3-6-11-5-1-2-7-12(11)15/h1-2,4-5,7-9,15H,3,6,10,18H2. The summed E-state index contributed by atoms with van der Waals surface area (Å²) in [6.07, 6.45) is 3.30. The van der Waals surface area contributed by atoms with Gasteiger partial charge in [0.25, 0.3) is 0 Å². The zero-order valence-electron chi connectivity index (χ0n) is 10.6. The second kappa shape index (κ2) is 5.14. The molecule has 2 nitrogen and oxygen atoms in total. The highest BCUT2D eigenvalue weighted by Crippen LogP contribution is 2.38. The van der Waals surface area contributed by atoms with Gasteiger partial charge in [0.2, 0.25) is 0 Å². The number of hydrogen-bond donors (Lipinski definition) is 1. The van der Waals surface area contributed by atoms with Crippen molar-refractivity contribution in [3.8, 4) is 5.75 Å². The molecule has 2 aromatic carbocycles. The van der Waals surface area contributed by atoms with Crippen LogP contribution in [0.1, 0.15) is 30.1 Å². The Labute approximate surface area is 118 Å². The molecule has 0 amide bonds. The Bertz CT molecular complexity index is 577. The number of nitrogen functional groups attached to an aromatic ring is 1. The van der Waals surface area contributed by atoms with E-state index in [1.807, 2.05) is 18.2 Å². The van der Waals surface area contributed by atoms with Gasteiger partial charge in [-0.05, 0) is 42.5 Å². The van der Waals surface area contributed by atoms with Crippen molar-refractivity contribution in [3.05, 3.63) is 58.6 Å². The van der Waals surface area contributed by atoms with Crippen molar-refractivity contribution < 1.29 is 4.74 Å². The van der Waals surface area contributed by atoms with Gasteiger partial charge in [0.15, 0.2) is 5.75 Å². The first-order chi connectivity index (χ1) is 9.25. The van der Waals surface area contributed by atoms with E-state index in [2.05, 4.69) is 24.3 Å². The number of anilines is 1. The van der Waals surface area contributed by atoms with Crippen LogP contribution in [0.5, 0.6) is 5.75 Å². The van der Waals surface area contributed by atoms with Crippen LogP contribution in [0, 0.1) is 0 Å². The first kappa shape index (κ1) is 12.4. The van der Waals surface area contributed by atoms with E-state index in [1.54, 1.807) is 0 Å². The highest BCUT2D eigenvalue weighted by molar-refractivity contribution is 6.32. The van der Waals surface area contributed by atoms with E-state index < -0.39 is 0 Å². The Hall–Kier alpha value is -1.67. The van der Waals surface area contributed by atoms with Crippen molar-refractivity contribution >= 4 is 17.3 Å². The molecule has 3 heteroatoms. The number of ether oxygens (including phenoxy) is 1. The summed E-state index contributed by atoms with van der Waals surface area (Å²) in [5, 5.41) is 0.572. The number of hydrogen-bond acceptors (Lipinski definition) is 2. The summed E-state index contributed by atoms with van der Waals surface area (Å²) in [7, 11) is 0. The molecule has 1 unspecified atom stereocenters. The van der Waals surface area contributed by atoms with Crippen LogP contribution in [0.3, 0.4) is 0 Å². The van der Waals surface area contributed by atoms with E-state index in [-0.39, 0.29) is 6.10 Å². The highest BCUT2D eigenvalue weighted by Gasteiger charge is 2.22. The second-order valence-corrected chi connectivity index (χ2v) is 5.26. The Balaban J connectivity index is 1.93. The van der Waals surface area contributed by atoms with Crippen LogP contribution >= 0.6 is 11.6 Å². The quantitative estimate of drug-likeness (QED) is 0.824. The van der Waals surface area contributed by atoms with Crippen molar-refractivity contribution in [1.82, 2.24) is 0 Å². The lowest BCUT2D eigenvalue weighted by molar-refractivity contribution is 0.185. The normalized spacial score (nSPS) is 17.8. The molecule has 0 heterocycles. The minimum absolute atomic E-state index is 0.0483. The van der Waals surface area contributed by atoms with E-state index in [4.69, 9.17) is 22.1 Å². The number of benzene rings is 2. The molecule has 1 aliphatic rings. The molecule has 0 spiro atoms. The maximum atomic E-state index is 6.17. The second-order valence-electron chi connectivity index (χ2n) is 4.86. The van der Waals surface area contributed by atoms with Crippen LogP contribution in [0.25, 0.3) is 0 Å². The van der Waals surface area contributed by atoms with E-state index >= 15 is 0 Å². The Morgan fingerprint density at radius 3 is 2.79 bits per heavy atom. The molecule has 2 N–H and O–H groups in total. The van der Waals surface area contributed by atoms with Gasteiger partial charge in [0.1, 0.15) is 6.10 Å². The minimum atomic E-state index is 0.0483. The average Bonchev–Trinajstić information content (AvgIpc) is 2.43. The van der Waals surface area contributed by atoms with Gasteiger partial charge in [0, 0.05) is 0 Å². The van der Waals surface area contributed by atoms with Gasteiger partial charge in [-0.25, -0.2) is 0 Å². The molecule has 0 saturated carbocycles. The monoisotopic (exact) mass is 273 g/mol. The maximum Gasteiger partial charge on any atom is 0.161 e. The lowest BCUT2D eigenvalue weighted by atomic mass is 9.89. The topological polar surface area (TPSA) is 35.2 Å². The number of halogens is 1. The lowest BCUT2D eigenvalue weighted by Gasteiger charge is -2.27. The summed E-state index contributed by atoms with van der Waals surface area (Å²) >= 11 is 6.17. The molecule has 19 heavy (non-hydrogen) atoms. The van der Waals surface area contributed by atoms with Crippen LogP contribution < -0.4 is 10.5 Å². The van der Waals surface area contributed by atoms with Gasteiger partial charge < -0.3 is 10.5 Å². The molecule has 3 rings (SSSR count). The predicted octanol–water partition coefficient (Wildman–Crippen LogP) is 4.38. The molecule has 98 valence electrons. The molecular weight excluding hydrogens is 258 g/mol. The molecule has 0 saturated heterocycles. The number of para-hydroxylation sites is 1. The summed E-state index contributed by atoms with van der Waals surface area (Å²) in [6.45, 7) is 0. The van der Waals surface area contributed by atoms with Gasteiger partial charge >= 0.3 is 0 Å². The smallest absolute Gasteiger partial charge is 0.161 e. The summed E-state index contributed by atoms with van der Waals surface area (Å²) in [4.78, 5) is 0. The summed E-state index contributed by atoms with van der Waals surface area (Å²) in [6, 6.07) is 13.9. The fraction of sp³-hybridized carbons (Fsp3) is 0.250. The van der Waals surface area contributed by atoms with Crippen LogP contribution in [0.4, 0.5) is 5.69 Å². The predicted molar refractivity (Wildman–Crippen MR) is 78.6 cm³/mol. The molecule has 1 aliphatic carbocycles. The molecular formula is C16H16ClNO. The fourth-order valence-corrected chi connectivity index (χ4v) is 2.85. The van der Waals surface area contributed by atoms with E-state index in [0.717, 1.165) is 19.3 Å². The zero-order chi connectivity index (χ0) is 13.2. The molecule has 0 fully saturated rings. The van der Waals surface area contributed by atoms with Gasteiger partial charge in [-0.3, -0.25) is 0 Å². The third-order valence-corrected chi connectivity index (χ3v) is 3.87. The Morgan fingerprint density at radius 2 is 1.95 bits per heavy atom. The molecule has 2 aromatic rings. The number of fused-ring (bicyclic) bond motifs is 1. The van der Waals surface area contributed by atoms with E-state index in [1.165, 1.54) is 11.1 Å². The van der Waals surface area contributed by atoms with Crippen LogP contribution in [-0.2, 0) is 6.42 Å². The fourth-order valence-electron chi connectivity index (χ4n) is 2.62. The number of aryl methyl sites for hydroxylation is 1. The minimum Gasteiger partial charge on any atom is -0.482 e. The first-order valence-corrected chi connectivity index (χ1v) is 6.92. The largest absolute Gasteiger partial charge is 0.482 e. The average molecular weight is 274 g/mol. The molecule has 0 aliphatic heterocycles. The van der Waals surface area contributed by atoms with Gasteiger partial charge in [-0.2, -0.15) is 0 Å². The van der Waals surface area contributed by atoms with Crippen LogP contribution in [0.2, 0.25) is 5.02 Å². The highest BCUT2D eigenvalue weighted by atomic mass is 35.5. The van der Waals surface area contributed by atoms with Crippen molar-refractivity contribution in [2.24, 2.45) is 0 Å². The van der Waals surface area contributed by atoms with Crippen molar-refractivity contribution in [1.29, 1.82) is 0 Å². The molecule has 0 aromatic heterocycles. The summed E-state index contributed by atoms with van der Waals surface area (Å²) < 4.78 is 6.09. The van der Waals surface area contributed by atoms with Crippen molar-refractivity contribution in [2.45, 2.75) is 25.4 Å². The molecule has 1 atom stereocenters. The SMILES string of the molecule is Nc1cccc(Cl)c1OC1CCCc2ccccc21. The van der Waals surface area contributed by atoms with Gasteiger partial charge in [0.05, 0.1) is 10.7 Å². The van der Waals surface area contributed by atoms with E-state index in [0.29, 0.717) is 16.5 Å². The van der Waals surface area contributed by atoms with Gasteiger partial charge in [-0.1, -0.05) is 41.9 Å². The summed E-state index contributed by atoms with van der Waals surface area (Å²) in [5.41, 5.74) is 9.16. The third kappa shape index (κ3) is 2.41. The Morgan fingerprint density at radius 1 is 1.11 bits per heavy atom.